The molecule has 2 unspecified atom stereocenters. The first-order valence-electron chi connectivity index (χ1n) is 38.9. The summed E-state index contributed by atoms with van der Waals surface area (Å²) < 4.78 is 17.7. The van der Waals surface area contributed by atoms with Crippen LogP contribution in [0.1, 0.15) is 371 Å². The van der Waals surface area contributed by atoms with Gasteiger partial charge < -0.3 is 18.6 Å². The van der Waals surface area contributed by atoms with Gasteiger partial charge in [-0.2, -0.15) is 0 Å². The molecule has 0 bridgehead atoms. The van der Waals surface area contributed by atoms with Gasteiger partial charge in [0.2, 0.25) is 0 Å². The number of carbonyl (C=O) groups excluding carboxylic acids is 2. The van der Waals surface area contributed by atoms with Gasteiger partial charge in [0, 0.05) is 25.2 Å². The van der Waals surface area contributed by atoms with E-state index in [2.05, 4.69) is 80.5 Å². The summed E-state index contributed by atoms with van der Waals surface area (Å²) in [5.41, 5.74) is 7.02. The van der Waals surface area contributed by atoms with Crippen molar-refractivity contribution in [2.24, 2.45) is 0 Å². The number of aromatic nitrogens is 2. The van der Waals surface area contributed by atoms with Crippen LogP contribution in [0.5, 0.6) is 0 Å². The molecule has 512 valence electrons. The summed E-state index contributed by atoms with van der Waals surface area (Å²) in [6.45, 7) is 21.0. The van der Waals surface area contributed by atoms with Crippen molar-refractivity contribution in [3.63, 3.8) is 0 Å². The third-order valence-electron chi connectivity index (χ3n) is 21.0. The van der Waals surface area contributed by atoms with E-state index in [4.69, 9.17) is 8.83 Å². The minimum atomic E-state index is -0.193. The predicted octanol–water partition coefficient (Wildman–Crippen LogP) is 23.7. The van der Waals surface area contributed by atoms with E-state index in [0.717, 1.165) is 175 Å². The van der Waals surface area contributed by atoms with Crippen molar-refractivity contribution >= 4 is 45.0 Å². The molecule has 2 atom stereocenters. The van der Waals surface area contributed by atoms with Gasteiger partial charge in [0.15, 0.2) is 17.3 Å². The zero-order valence-electron chi connectivity index (χ0n) is 60.0. The van der Waals surface area contributed by atoms with Gasteiger partial charge >= 0.3 is 0 Å². The summed E-state index contributed by atoms with van der Waals surface area (Å²) in [5.74, 6) is 2.14. The fraction of sp³-hybridized carbons (Fsp3) is 0.663. The molecule has 0 N–H and O–H groups in total. The van der Waals surface area contributed by atoms with Crippen molar-refractivity contribution < 1.29 is 18.4 Å². The highest BCUT2D eigenvalue weighted by Gasteiger charge is 2.50. The molecule has 2 aliphatic rings. The lowest BCUT2D eigenvalue weighted by Crippen LogP contribution is -2.31. The highest BCUT2D eigenvalue weighted by atomic mass is 16.3. The van der Waals surface area contributed by atoms with Crippen LogP contribution in [0.2, 0.25) is 0 Å². The van der Waals surface area contributed by atoms with Crippen molar-refractivity contribution in [2.45, 2.75) is 343 Å². The number of aryl methyl sites for hydroxylation is 1. The van der Waals surface area contributed by atoms with Gasteiger partial charge in [-0.25, -0.2) is 0 Å². The summed E-state index contributed by atoms with van der Waals surface area (Å²) in [6, 6.07) is 16.3. The van der Waals surface area contributed by atoms with Gasteiger partial charge in [0.25, 0.3) is 22.9 Å². The third-order valence-corrected chi connectivity index (χ3v) is 21.0. The molecule has 0 aliphatic carbocycles. The lowest BCUT2D eigenvalue weighted by molar-refractivity contribution is -0.124. The number of hydrogen-bond acceptors (Lipinski definition) is 6. The summed E-state index contributed by atoms with van der Waals surface area (Å²) in [5, 5.41) is 1.23. The molecule has 2 aliphatic heterocycles. The quantitative estimate of drug-likeness (QED) is 0.0352. The number of unbranched alkanes of at least 4 members (excludes halogenated alkanes) is 30. The van der Waals surface area contributed by atoms with Crippen LogP contribution in [-0.4, -0.2) is 43.5 Å². The van der Waals surface area contributed by atoms with Crippen molar-refractivity contribution in [3.8, 4) is 11.5 Å². The zero-order chi connectivity index (χ0) is 66.1. The second kappa shape index (κ2) is 38.2. The Hall–Kier alpha value is -5.64. The molecule has 0 fully saturated rings. The SMILES string of the molecule is CCCCCCCCCCN1C(=O)C2=C(c3ccc(-c4ccc5c(C(CCCCCC)CCCCCCCC)c6c(=O)n7c(C(C)C)ccc7c(C(CCCCCC)CCCCCCCC)c6c(=O)n45)o3)N(CCCCCCCCCC)C(=O)C2=C1c1ccc(CC)o1. The number of nitrogens with zero attached hydrogens (tertiary/aromatic N) is 4. The lowest BCUT2D eigenvalue weighted by atomic mass is 9.82. The normalized spacial score (nSPS) is 14.4. The van der Waals surface area contributed by atoms with Crippen molar-refractivity contribution in [1.29, 1.82) is 0 Å². The molecular formula is C83H124N4O6. The lowest BCUT2D eigenvalue weighted by Gasteiger charge is -2.25. The van der Waals surface area contributed by atoms with Crippen LogP contribution >= 0.6 is 0 Å². The maximum Gasteiger partial charge on any atom is 0.264 e. The third kappa shape index (κ3) is 18.1. The molecule has 8 heterocycles. The van der Waals surface area contributed by atoms with Crippen LogP contribution in [0.25, 0.3) is 44.7 Å². The van der Waals surface area contributed by atoms with Crippen LogP contribution in [0.15, 0.2) is 78.1 Å². The molecule has 0 radical (unpaired) electrons. The van der Waals surface area contributed by atoms with E-state index in [-0.39, 0.29) is 40.7 Å². The van der Waals surface area contributed by atoms with E-state index in [1.54, 1.807) is 0 Å². The maximum atomic E-state index is 16.7. The standard InChI is InChI=1S/C83H124N4O6/c1-10-17-23-29-33-35-39-45-59-84-78(70-56-51-64(16-7)92-70)76-77(81(84)89)79(85(80(76)88)60-46-40-36-34-30-24-18-11-2)71-58-57-69(93-71)66-53-55-68-73(63(48-42-28-22-15-6)50-44-38-32-26-20-13-4)74-75(83(91)87(66)68)72(67-54-52-65(61(8)9)86(67)82(74)90)62(47-41-27-21-14-5)49-43-37-31-25-19-12-3/h51-58,61-63H,10-50,59-60H2,1-9H3. The zero-order valence-corrected chi connectivity index (χ0v) is 60.0. The monoisotopic (exact) mass is 1270 g/mol. The molecule has 8 rings (SSSR count). The number of hydrogen-bond donors (Lipinski definition) is 0. The molecule has 0 spiro atoms. The Morgan fingerprint density at radius 1 is 0.355 bits per heavy atom. The van der Waals surface area contributed by atoms with Crippen molar-refractivity contribution in [1.82, 2.24) is 18.6 Å². The molecule has 0 saturated heterocycles. The van der Waals surface area contributed by atoms with Crippen molar-refractivity contribution in [3.05, 3.63) is 114 Å². The van der Waals surface area contributed by atoms with Crippen LogP contribution in [0.4, 0.5) is 0 Å². The summed E-state index contributed by atoms with van der Waals surface area (Å²) >= 11 is 0. The van der Waals surface area contributed by atoms with Crippen molar-refractivity contribution in [2.75, 3.05) is 13.1 Å². The molecule has 6 aromatic rings. The van der Waals surface area contributed by atoms with Gasteiger partial charge in [-0.05, 0) is 116 Å². The Bertz CT molecular complexity index is 3450. The van der Waals surface area contributed by atoms with Gasteiger partial charge in [0.05, 0.1) is 38.6 Å². The fourth-order valence-corrected chi connectivity index (χ4v) is 15.7. The summed E-state index contributed by atoms with van der Waals surface area (Å²) in [4.78, 5) is 67.7. The Labute approximate surface area is 561 Å². The van der Waals surface area contributed by atoms with E-state index in [0.29, 0.717) is 75.8 Å². The second-order valence-electron chi connectivity index (χ2n) is 28.6. The molecule has 0 saturated carbocycles. The highest BCUT2D eigenvalue weighted by Crippen LogP contribution is 2.49. The van der Waals surface area contributed by atoms with E-state index < -0.39 is 0 Å². The van der Waals surface area contributed by atoms with E-state index >= 15 is 19.2 Å². The smallest absolute Gasteiger partial charge is 0.264 e. The molecule has 10 nitrogen and oxygen atoms in total. The average molecular weight is 1270 g/mol. The molecule has 93 heavy (non-hydrogen) atoms. The maximum absolute atomic E-state index is 16.7. The number of fused-ring (bicyclic) bond motifs is 4. The van der Waals surface area contributed by atoms with Crippen LogP contribution < -0.4 is 11.1 Å². The van der Waals surface area contributed by atoms with Gasteiger partial charge in [0.1, 0.15) is 17.2 Å². The Morgan fingerprint density at radius 3 is 1.11 bits per heavy atom. The minimum absolute atomic E-state index is 0.0524. The minimum Gasteiger partial charge on any atom is -0.460 e. The van der Waals surface area contributed by atoms with Crippen LogP contribution in [0, 0.1) is 0 Å². The number of furan rings is 2. The van der Waals surface area contributed by atoms with E-state index in [9.17, 15) is 0 Å². The Morgan fingerprint density at radius 2 is 0.699 bits per heavy atom. The largest absolute Gasteiger partial charge is 0.460 e. The van der Waals surface area contributed by atoms with E-state index in [1.165, 1.54) is 116 Å². The van der Waals surface area contributed by atoms with Gasteiger partial charge in [-0.3, -0.25) is 28.0 Å². The molecule has 2 amide bonds. The second-order valence-corrected chi connectivity index (χ2v) is 28.6. The molecular weight excluding hydrogens is 1150 g/mol. The fourth-order valence-electron chi connectivity index (χ4n) is 15.7. The predicted molar refractivity (Wildman–Crippen MR) is 391 cm³/mol. The van der Waals surface area contributed by atoms with Gasteiger partial charge in [-0.15, -0.1) is 0 Å². The average Bonchev–Trinajstić information content (AvgIpc) is 1.67. The topological polar surface area (TPSA) is 110 Å². The van der Waals surface area contributed by atoms with E-state index in [1.807, 2.05) is 48.9 Å². The number of pyridine rings is 2. The number of rotatable bonds is 49. The van der Waals surface area contributed by atoms with Crippen LogP contribution in [-0.2, 0) is 16.0 Å². The first-order chi connectivity index (χ1) is 45.5. The first kappa shape index (κ1) is 73.2. The number of amides is 2. The summed E-state index contributed by atoms with van der Waals surface area (Å²) in [7, 11) is 0. The highest BCUT2D eigenvalue weighted by molar-refractivity contribution is 6.30. The van der Waals surface area contributed by atoms with Gasteiger partial charge in [-0.1, -0.05) is 281 Å². The number of carbonyl (C=O) groups is 2. The molecule has 6 aromatic heterocycles. The first-order valence-corrected chi connectivity index (χ1v) is 38.9. The molecule has 0 aromatic carbocycles. The Kier molecular flexibility index (Phi) is 30.0. The van der Waals surface area contributed by atoms with Crippen LogP contribution in [0.3, 0.4) is 0 Å². The molecule has 10 heteroatoms. The Balaban J connectivity index is 1.34. The summed E-state index contributed by atoms with van der Waals surface area (Å²) in [6.07, 6.45) is 45.8.